The molecule has 9 heteroatoms. The molecule has 0 spiro atoms. The Morgan fingerprint density at radius 2 is 1.92 bits per heavy atom. The standard InChI is InChI=1S/C29H33NO7S/c1-16-24(29(32)37-15-18-7-5-11-36-18)25(19-9-10-22(33-2)28(35-4)27(19)34-3)26-20(30-16)13-17(14-21(26)31)23-8-6-12-38-23/h6,8-10,12,17-18,25,30H,5,7,11,13-15H2,1-4H3/t17-,18+,25+/m1/s1. The van der Waals surface area contributed by atoms with E-state index < -0.39 is 11.9 Å². The Labute approximate surface area is 226 Å². The minimum absolute atomic E-state index is 0.00378. The summed E-state index contributed by atoms with van der Waals surface area (Å²) in [6, 6.07) is 7.68. The first-order valence-corrected chi connectivity index (χ1v) is 13.7. The lowest BCUT2D eigenvalue weighted by Gasteiger charge is -2.37. The van der Waals surface area contributed by atoms with E-state index in [9.17, 15) is 9.59 Å². The Morgan fingerprint density at radius 1 is 1.11 bits per heavy atom. The second kappa shape index (κ2) is 11.2. The fourth-order valence-electron chi connectivity index (χ4n) is 5.72. The molecular formula is C29H33NO7S. The van der Waals surface area contributed by atoms with Crippen LogP contribution in [-0.2, 0) is 19.1 Å². The number of allylic oxidation sites excluding steroid dienone is 3. The summed E-state index contributed by atoms with van der Waals surface area (Å²) in [6.45, 7) is 2.70. The van der Waals surface area contributed by atoms with E-state index in [2.05, 4.69) is 11.4 Å². The van der Waals surface area contributed by atoms with Crippen LogP contribution in [-0.4, -0.2) is 52.4 Å². The van der Waals surface area contributed by atoms with E-state index in [0.29, 0.717) is 59.1 Å². The molecule has 0 bridgehead atoms. The summed E-state index contributed by atoms with van der Waals surface area (Å²) < 4.78 is 28.4. The van der Waals surface area contributed by atoms with Crippen LogP contribution in [0.4, 0.5) is 0 Å². The average molecular weight is 540 g/mol. The van der Waals surface area contributed by atoms with Crippen molar-refractivity contribution in [3.05, 3.63) is 62.6 Å². The zero-order chi connectivity index (χ0) is 26.8. The van der Waals surface area contributed by atoms with Crippen molar-refractivity contribution in [2.24, 2.45) is 0 Å². The molecule has 38 heavy (non-hydrogen) atoms. The minimum atomic E-state index is -0.685. The monoisotopic (exact) mass is 539 g/mol. The topological polar surface area (TPSA) is 92.3 Å². The quantitative estimate of drug-likeness (QED) is 0.476. The summed E-state index contributed by atoms with van der Waals surface area (Å²) in [5.74, 6) is 0.223. The van der Waals surface area contributed by atoms with Crippen molar-refractivity contribution in [1.82, 2.24) is 5.32 Å². The largest absolute Gasteiger partial charge is 0.493 e. The Kier molecular flexibility index (Phi) is 7.76. The van der Waals surface area contributed by atoms with Crippen LogP contribution in [0.5, 0.6) is 17.2 Å². The van der Waals surface area contributed by atoms with Gasteiger partial charge in [-0.1, -0.05) is 12.1 Å². The number of benzene rings is 1. The first-order chi connectivity index (χ1) is 18.5. The highest BCUT2D eigenvalue weighted by Crippen LogP contribution is 2.51. The number of hydrogen-bond acceptors (Lipinski definition) is 9. The molecule has 1 fully saturated rings. The molecule has 1 aliphatic carbocycles. The van der Waals surface area contributed by atoms with Crippen LogP contribution in [0.25, 0.3) is 0 Å². The number of ether oxygens (including phenoxy) is 5. The number of dihydropyridines is 1. The van der Waals surface area contributed by atoms with E-state index in [4.69, 9.17) is 23.7 Å². The normalized spacial score (nSPS) is 23.2. The molecule has 8 nitrogen and oxygen atoms in total. The van der Waals surface area contributed by atoms with Crippen molar-refractivity contribution in [3.8, 4) is 17.2 Å². The lowest BCUT2D eigenvalue weighted by molar-refractivity contribution is -0.142. The number of carbonyl (C=O) groups excluding carboxylic acids is 2. The van der Waals surface area contributed by atoms with Crippen LogP contribution in [0.15, 0.2) is 52.2 Å². The number of nitrogens with one attached hydrogen (secondary N) is 1. The van der Waals surface area contributed by atoms with Crippen LogP contribution in [0.2, 0.25) is 0 Å². The first kappa shape index (κ1) is 26.3. The lowest BCUT2D eigenvalue weighted by Crippen LogP contribution is -2.36. The molecule has 3 aliphatic rings. The maximum absolute atomic E-state index is 13.9. The van der Waals surface area contributed by atoms with Crippen molar-refractivity contribution in [2.75, 3.05) is 34.5 Å². The van der Waals surface area contributed by atoms with Gasteiger partial charge in [0.2, 0.25) is 5.75 Å². The molecule has 3 atom stereocenters. The molecule has 2 aromatic rings. The molecule has 202 valence electrons. The van der Waals surface area contributed by atoms with Crippen LogP contribution < -0.4 is 19.5 Å². The number of methoxy groups -OCH3 is 3. The van der Waals surface area contributed by atoms with E-state index in [1.54, 1.807) is 31.6 Å². The third-order valence-electron chi connectivity index (χ3n) is 7.46. The van der Waals surface area contributed by atoms with Gasteiger partial charge in [-0.3, -0.25) is 4.79 Å². The second-order valence-electron chi connectivity index (χ2n) is 9.69. The molecule has 1 N–H and O–H groups in total. The third-order valence-corrected chi connectivity index (χ3v) is 8.50. The number of rotatable bonds is 8. The molecular weight excluding hydrogens is 506 g/mol. The van der Waals surface area contributed by atoms with Gasteiger partial charge in [-0.15, -0.1) is 11.3 Å². The number of carbonyl (C=O) groups is 2. The molecule has 5 rings (SSSR count). The maximum atomic E-state index is 13.9. The Balaban J connectivity index is 1.60. The highest BCUT2D eigenvalue weighted by Gasteiger charge is 2.43. The first-order valence-electron chi connectivity index (χ1n) is 12.8. The SMILES string of the molecule is COc1ccc([C@H]2C(C(=O)OC[C@@H]3CCCO3)=C(C)NC3=C2C(=O)C[C@H](c2cccs2)C3)c(OC)c1OC. The molecule has 0 saturated carbocycles. The smallest absolute Gasteiger partial charge is 0.336 e. The summed E-state index contributed by atoms with van der Waals surface area (Å²) in [4.78, 5) is 28.7. The van der Waals surface area contributed by atoms with Crippen molar-refractivity contribution < 1.29 is 33.3 Å². The Hall–Kier alpha value is -3.30. The fraction of sp³-hybridized carbons (Fsp3) is 0.448. The van der Waals surface area contributed by atoms with Gasteiger partial charge in [0.05, 0.1) is 38.9 Å². The zero-order valence-corrected chi connectivity index (χ0v) is 22.9. The third kappa shape index (κ3) is 4.80. The predicted molar refractivity (Wildman–Crippen MR) is 143 cm³/mol. The van der Waals surface area contributed by atoms with Crippen molar-refractivity contribution in [1.29, 1.82) is 0 Å². The van der Waals surface area contributed by atoms with Crippen LogP contribution in [0.1, 0.15) is 54.9 Å². The summed E-state index contributed by atoms with van der Waals surface area (Å²) in [7, 11) is 4.63. The molecule has 1 aromatic carbocycles. The highest BCUT2D eigenvalue weighted by molar-refractivity contribution is 7.10. The molecule has 2 aliphatic heterocycles. The van der Waals surface area contributed by atoms with Crippen LogP contribution in [0, 0.1) is 0 Å². The van der Waals surface area contributed by atoms with Gasteiger partial charge in [0, 0.05) is 46.4 Å². The van der Waals surface area contributed by atoms with E-state index in [1.807, 2.05) is 24.4 Å². The Bertz CT molecular complexity index is 1270. The lowest BCUT2D eigenvalue weighted by atomic mass is 9.72. The molecule has 0 unspecified atom stereocenters. The second-order valence-corrected chi connectivity index (χ2v) is 10.7. The predicted octanol–water partition coefficient (Wildman–Crippen LogP) is 4.86. The van der Waals surface area contributed by atoms with Gasteiger partial charge in [-0.25, -0.2) is 4.79 Å². The van der Waals surface area contributed by atoms with Gasteiger partial charge in [0.15, 0.2) is 17.3 Å². The van der Waals surface area contributed by atoms with E-state index in [0.717, 1.165) is 18.5 Å². The van der Waals surface area contributed by atoms with E-state index in [-0.39, 0.29) is 24.4 Å². The molecule has 1 saturated heterocycles. The number of hydrogen-bond donors (Lipinski definition) is 1. The number of ketones is 1. The zero-order valence-electron chi connectivity index (χ0n) is 22.1. The van der Waals surface area contributed by atoms with Crippen LogP contribution >= 0.6 is 11.3 Å². The van der Waals surface area contributed by atoms with E-state index >= 15 is 0 Å². The fourth-order valence-corrected chi connectivity index (χ4v) is 6.55. The maximum Gasteiger partial charge on any atom is 0.336 e. The van der Waals surface area contributed by atoms with Crippen molar-refractivity contribution in [3.63, 3.8) is 0 Å². The highest BCUT2D eigenvalue weighted by atomic mass is 32.1. The van der Waals surface area contributed by atoms with Gasteiger partial charge in [0.25, 0.3) is 0 Å². The average Bonchev–Trinajstić information content (AvgIpc) is 3.64. The van der Waals surface area contributed by atoms with Crippen LogP contribution in [0.3, 0.4) is 0 Å². The molecule has 0 radical (unpaired) electrons. The summed E-state index contributed by atoms with van der Waals surface area (Å²) in [5.41, 5.74) is 3.08. The number of Topliss-reactive ketones (excluding diaryl/α,β-unsaturated/α-hetero) is 1. The van der Waals surface area contributed by atoms with E-state index in [1.165, 1.54) is 12.0 Å². The molecule has 3 heterocycles. The molecule has 1 aromatic heterocycles. The molecule has 0 amide bonds. The number of esters is 1. The van der Waals surface area contributed by atoms with Crippen molar-refractivity contribution in [2.45, 2.75) is 50.5 Å². The minimum Gasteiger partial charge on any atom is -0.493 e. The summed E-state index contributed by atoms with van der Waals surface area (Å²) in [6.07, 6.45) is 2.73. The van der Waals surface area contributed by atoms with Gasteiger partial charge >= 0.3 is 5.97 Å². The van der Waals surface area contributed by atoms with Crippen molar-refractivity contribution >= 4 is 23.1 Å². The number of thiophene rings is 1. The Morgan fingerprint density at radius 3 is 2.58 bits per heavy atom. The van der Waals surface area contributed by atoms with Gasteiger partial charge in [-0.2, -0.15) is 0 Å². The van der Waals surface area contributed by atoms with Gasteiger partial charge in [-0.05, 0) is 43.7 Å². The summed E-state index contributed by atoms with van der Waals surface area (Å²) >= 11 is 1.66. The van der Waals surface area contributed by atoms with Gasteiger partial charge < -0.3 is 29.0 Å². The summed E-state index contributed by atoms with van der Waals surface area (Å²) in [5, 5.41) is 5.43. The van der Waals surface area contributed by atoms with Gasteiger partial charge in [0.1, 0.15) is 6.61 Å².